The first-order valence-electron chi connectivity index (χ1n) is 9.85. The highest BCUT2D eigenvalue weighted by molar-refractivity contribution is 7.15. The van der Waals surface area contributed by atoms with Gasteiger partial charge in [-0.15, -0.1) is 11.3 Å². The molecule has 2 fully saturated rings. The topological polar surface area (TPSA) is 75.0 Å². The van der Waals surface area contributed by atoms with Gasteiger partial charge in [-0.25, -0.2) is 4.98 Å². The third-order valence-electron chi connectivity index (χ3n) is 6.05. The van der Waals surface area contributed by atoms with E-state index in [1.165, 1.54) is 49.9 Å². The van der Waals surface area contributed by atoms with Crippen LogP contribution in [0.15, 0.2) is 30.3 Å². The summed E-state index contributed by atoms with van der Waals surface area (Å²) in [5.74, 6) is 0.379. The first-order chi connectivity index (χ1) is 13.2. The minimum absolute atomic E-state index is 0.441. The average molecular weight is 381 g/mol. The van der Waals surface area contributed by atoms with E-state index in [1.54, 1.807) is 6.07 Å². The van der Waals surface area contributed by atoms with E-state index in [1.807, 2.05) is 23.5 Å². The molecule has 5 rings (SSSR count). The number of fused-ring (bicyclic) bond motifs is 1. The monoisotopic (exact) mass is 380 g/mol. The molecule has 2 aliphatic rings. The van der Waals surface area contributed by atoms with Gasteiger partial charge in [0.15, 0.2) is 0 Å². The van der Waals surface area contributed by atoms with E-state index in [4.69, 9.17) is 5.73 Å². The number of nitrogens with two attached hydrogens (primary N) is 1. The Balaban J connectivity index is 1.46. The zero-order valence-corrected chi connectivity index (χ0v) is 16.1. The molecule has 1 aliphatic heterocycles. The SMILES string of the molecule is NC(=O)c1cccc2[nH]c(-c3ccc(C4CCCN4C4CCCC4)s3)nc12. The summed E-state index contributed by atoms with van der Waals surface area (Å²) in [6, 6.07) is 11.2. The Morgan fingerprint density at radius 3 is 2.81 bits per heavy atom. The fraction of sp³-hybridized carbons (Fsp3) is 0.429. The Labute approximate surface area is 162 Å². The van der Waals surface area contributed by atoms with Crippen LogP contribution in [0.1, 0.15) is 59.8 Å². The molecular formula is C21H24N4OS. The van der Waals surface area contributed by atoms with Gasteiger partial charge in [-0.2, -0.15) is 0 Å². The molecule has 0 bridgehead atoms. The Bertz CT molecular complexity index is 985. The number of aromatic amines is 1. The molecule has 1 atom stereocenters. The zero-order valence-electron chi connectivity index (χ0n) is 15.3. The predicted octanol–water partition coefficient (Wildman–Crippen LogP) is 4.47. The number of H-pyrrole nitrogens is 1. The van der Waals surface area contributed by atoms with Gasteiger partial charge in [0.05, 0.1) is 16.0 Å². The molecule has 1 amide bonds. The molecule has 6 heteroatoms. The maximum atomic E-state index is 11.7. The molecule has 3 N–H and O–H groups in total. The number of hydrogen-bond acceptors (Lipinski definition) is 4. The molecule has 0 radical (unpaired) electrons. The number of carbonyl (C=O) groups is 1. The lowest BCUT2D eigenvalue weighted by Gasteiger charge is -2.29. The van der Waals surface area contributed by atoms with Crippen LogP contribution in [-0.4, -0.2) is 33.4 Å². The van der Waals surface area contributed by atoms with E-state index in [0.29, 0.717) is 17.1 Å². The first kappa shape index (κ1) is 17.0. The Hall–Kier alpha value is -2.18. The van der Waals surface area contributed by atoms with Gasteiger partial charge in [-0.1, -0.05) is 18.9 Å². The van der Waals surface area contributed by atoms with Gasteiger partial charge in [-0.3, -0.25) is 9.69 Å². The van der Waals surface area contributed by atoms with Gasteiger partial charge < -0.3 is 10.7 Å². The number of aromatic nitrogens is 2. The number of primary amides is 1. The Morgan fingerprint density at radius 2 is 2.00 bits per heavy atom. The lowest BCUT2D eigenvalue weighted by atomic mass is 10.1. The van der Waals surface area contributed by atoms with Gasteiger partial charge in [0.2, 0.25) is 0 Å². The molecule has 27 heavy (non-hydrogen) atoms. The fourth-order valence-electron chi connectivity index (χ4n) is 4.77. The lowest BCUT2D eigenvalue weighted by molar-refractivity contribution is 0.100. The summed E-state index contributed by atoms with van der Waals surface area (Å²) in [6.45, 7) is 1.23. The van der Waals surface area contributed by atoms with Gasteiger partial charge in [0.1, 0.15) is 11.3 Å². The Morgan fingerprint density at radius 1 is 1.15 bits per heavy atom. The molecule has 1 aromatic carbocycles. The highest BCUT2D eigenvalue weighted by Gasteiger charge is 2.34. The summed E-state index contributed by atoms with van der Waals surface area (Å²) < 4.78 is 0. The second kappa shape index (κ2) is 6.77. The number of imidazole rings is 1. The van der Waals surface area contributed by atoms with Crippen LogP contribution in [0.4, 0.5) is 0 Å². The van der Waals surface area contributed by atoms with Gasteiger partial charge in [-0.05, 0) is 56.5 Å². The van der Waals surface area contributed by atoms with Crippen molar-refractivity contribution in [1.29, 1.82) is 0 Å². The molecule has 1 saturated heterocycles. The van der Waals surface area contributed by atoms with E-state index in [-0.39, 0.29) is 0 Å². The minimum Gasteiger partial charge on any atom is -0.366 e. The molecular weight excluding hydrogens is 356 g/mol. The van der Waals surface area contributed by atoms with Crippen LogP contribution in [0, 0.1) is 0 Å². The summed E-state index contributed by atoms with van der Waals surface area (Å²) in [5, 5.41) is 0. The summed E-state index contributed by atoms with van der Waals surface area (Å²) in [7, 11) is 0. The number of hydrogen-bond donors (Lipinski definition) is 2. The molecule has 3 aromatic rings. The maximum absolute atomic E-state index is 11.7. The van der Waals surface area contributed by atoms with Gasteiger partial charge in [0.25, 0.3) is 5.91 Å². The maximum Gasteiger partial charge on any atom is 0.250 e. The van der Waals surface area contributed by atoms with Crippen molar-refractivity contribution in [2.45, 2.75) is 50.6 Å². The fourth-order valence-corrected chi connectivity index (χ4v) is 5.88. The molecule has 1 aliphatic carbocycles. The van der Waals surface area contributed by atoms with Crippen LogP contribution >= 0.6 is 11.3 Å². The first-order valence-corrected chi connectivity index (χ1v) is 10.7. The van der Waals surface area contributed by atoms with Crippen LogP contribution in [0.2, 0.25) is 0 Å². The van der Waals surface area contributed by atoms with Crippen LogP contribution in [0.3, 0.4) is 0 Å². The normalized spacial score (nSPS) is 21.4. The largest absolute Gasteiger partial charge is 0.366 e. The van der Waals surface area contributed by atoms with Crippen LogP contribution in [0.5, 0.6) is 0 Å². The van der Waals surface area contributed by atoms with E-state index >= 15 is 0 Å². The highest BCUT2D eigenvalue weighted by Crippen LogP contribution is 2.42. The predicted molar refractivity (Wildman–Crippen MR) is 109 cm³/mol. The van der Waals surface area contributed by atoms with Crippen LogP contribution in [0.25, 0.3) is 21.7 Å². The number of rotatable bonds is 4. The molecule has 140 valence electrons. The van der Waals surface area contributed by atoms with Crippen molar-refractivity contribution < 1.29 is 4.79 Å². The molecule has 5 nitrogen and oxygen atoms in total. The zero-order chi connectivity index (χ0) is 18.4. The van der Waals surface area contributed by atoms with Crippen molar-refractivity contribution in [3.8, 4) is 10.7 Å². The quantitative estimate of drug-likeness (QED) is 0.701. The molecule has 1 saturated carbocycles. The average Bonchev–Trinajstić information content (AvgIpc) is 3.46. The standard InChI is InChI=1S/C21H24N4OS/c22-20(26)14-7-3-8-15-19(14)24-21(23-15)18-11-10-17(27-18)16-9-4-12-25(16)13-5-1-2-6-13/h3,7-8,10-11,13,16H,1-2,4-6,9,12H2,(H2,22,26)(H,23,24). The second-order valence-corrected chi connectivity index (χ2v) is 8.80. The number of thiophene rings is 1. The van der Waals surface area contributed by atoms with E-state index in [9.17, 15) is 4.79 Å². The second-order valence-electron chi connectivity index (χ2n) is 7.69. The van der Waals surface area contributed by atoms with Crippen molar-refractivity contribution >= 4 is 28.3 Å². The van der Waals surface area contributed by atoms with Crippen molar-refractivity contribution in [3.05, 3.63) is 40.8 Å². The van der Waals surface area contributed by atoms with E-state index in [0.717, 1.165) is 22.3 Å². The van der Waals surface area contributed by atoms with Gasteiger partial charge >= 0.3 is 0 Å². The van der Waals surface area contributed by atoms with Crippen molar-refractivity contribution in [3.63, 3.8) is 0 Å². The summed E-state index contributed by atoms with van der Waals surface area (Å²) in [4.78, 5) is 25.0. The third kappa shape index (κ3) is 2.97. The molecule has 1 unspecified atom stereocenters. The number of benzene rings is 1. The number of nitrogens with one attached hydrogen (secondary N) is 1. The number of nitrogens with zero attached hydrogens (tertiary/aromatic N) is 2. The summed E-state index contributed by atoms with van der Waals surface area (Å²) >= 11 is 1.82. The van der Waals surface area contributed by atoms with E-state index < -0.39 is 5.91 Å². The smallest absolute Gasteiger partial charge is 0.250 e. The summed E-state index contributed by atoms with van der Waals surface area (Å²) in [5.41, 5.74) is 7.47. The van der Waals surface area contributed by atoms with Crippen molar-refractivity contribution in [2.24, 2.45) is 5.73 Å². The number of carbonyl (C=O) groups excluding carboxylic acids is 1. The molecule has 2 aromatic heterocycles. The van der Waals surface area contributed by atoms with Gasteiger partial charge in [0, 0.05) is 17.0 Å². The molecule has 3 heterocycles. The van der Waals surface area contributed by atoms with Crippen LogP contribution in [-0.2, 0) is 0 Å². The van der Waals surface area contributed by atoms with Crippen molar-refractivity contribution in [2.75, 3.05) is 6.54 Å². The highest BCUT2D eigenvalue weighted by atomic mass is 32.1. The van der Waals surface area contributed by atoms with Crippen LogP contribution < -0.4 is 5.73 Å². The Kier molecular flexibility index (Phi) is 4.25. The van der Waals surface area contributed by atoms with E-state index in [2.05, 4.69) is 27.0 Å². The lowest BCUT2D eigenvalue weighted by Crippen LogP contribution is -2.32. The molecule has 0 spiro atoms. The minimum atomic E-state index is -0.441. The summed E-state index contributed by atoms with van der Waals surface area (Å²) in [6.07, 6.45) is 8.02. The number of amides is 1. The number of likely N-dealkylation sites (tertiary alicyclic amines) is 1. The number of para-hydroxylation sites is 1. The third-order valence-corrected chi connectivity index (χ3v) is 7.25. The van der Waals surface area contributed by atoms with Crippen molar-refractivity contribution in [1.82, 2.24) is 14.9 Å².